The van der Waals surface area contributed by atoms with Crippen molar-refractivity contribution in [2.75, 3.05) is 6.61 Å². The Morgan fingerprint density at radius 2 is 1.64 bits per heavy atom. The summed E-state index contributed by atoms with van der Waals surface area (Å²) in [6, 6.07) is 23.2. The van der Waals surface area contributed by atoms with Gasteiger partial charge in [0.15, 0.2) is 0 Å². The first kappa shape index (κ1) is 25.2. The predicted octanol–water partition coefficient (Wildman–Crippen LogP) is 5.22. The van der Waals surface area contributed by atoms with Gasteiger partial charge in [-0.3, -0.25) is 4.79 Å². The lowest BCUT2D eigenvalue weighted by atomic mass is 9.89. The first-order valence-electron chi connectivity index (χ1n) is 12.2. The lowest BCUT2D eigenvalue weighted by Crippen LogP contribution is -2.44. The second-order valence-corrected chi connectivity index (χ2v) is 9.24. The number of aldehydes is 1. The number of cyclic esters (lactones) is 1. The number of aryl methyl sites for hydroxylation is 2. The maximum atomic E-state index is 13.5. The minimum Gasteiger partial charge on any atom is -0.489 e. The minimum atomic E-state index is -0.653. The largest absolute Gasteiger partial charge is 0.489 e. The topological polar surface area (TPSA) is 72.9 Å². The number of carbonyl (C=O) groups is 3. The van der Waals surface area contributed by atoms with Gasteiger partial charge in [0.05, 0.1) is 6.04 Å². The Morgan fingerprint density at radius 3 is 2.25 bits per heavy atom. The Labute approximate surface area is 211 Å². The fraction of sp³-hybridized carbons (Fsp3) is 0.300. The molecule has 0 radical (unpaired) electrons. The molecule has 0 bridgehead atoms. The Balaban J connectivity index is 1.49. The Bertz CT molecular complexity index is 1190. The molecule has 0 aliphatic carbocycles. The summed E-state index contributed by atoms with van der Waals surface area (Å²) in [5.41, 5.74) is 5.03. The molecule has 3 aromatic carbocycles. The van der Waals surface area contributed by atoms with E-state index in [1.807, 2.05) is 86.6 Å². The van der Waals surface area contributed by atoms with Crippen LogP contribution in [0.4, 0.5) is 4.79 Å². The van der Waals surface area contributed by atoms with Crippen molar-refractivity contribution >= 4 is 18.3 Å². The lowest BCUT2D eigenvalue weighted by Gasteiger charge is -2.25. The van der Waals surface area contributed by atoms with Crippen molar-refractivity contribution < 1.29 is 23.9 Å². The van der Waals surface area contributed by atoms with Crippen LogP contribution in [0, 0.1) is 19.8 Å². The van der Waals surface area contributed by atoms with Crippen LogP contribution >= 0.6 is 0 Å². The third kappa shape index (κ3) is 6.00. The van der Waals surface area contributed by atoms with Crippen molar-refractivity contribution in [1.29, 1.82) is 0 Å². The van der Waals surface area contributed by atoms with Gasteiger partial charge < -0.3 is 14.3 Å². The van der Waals surface area contributed by atoms with Crippen molar-refractivity contribution in [2.45, 2.75) is 45.8 Å². The second kappa shape index (κ2) is 11.7. The number of hydrogen-bond donors (Lipinski definition) is 0. The Hall–Kier alpha value is -3.93. The molecule has 36 heavy (non-hydrogen) atoms. The highest BCUT2D eigenvalue weighted by Crippen LogP contribution is 2.28. The molecule has 2 atom stereocenters. The molecule has 186 valence electrons. The molecule has 0 N–H and O–H groups in total. The van der Waals surface area contributed by atoms with Crippen molar-refractivity contribution in [1.82, 2.24) is 4.90 Å². The number of rotatable bonds is 10. The smallest absolute Gasteiger partial charge is 0.416 e. The molecule has 3 aromatic rings. The van der Waals surface area contributed by atoms with Crippen LogP contribution in [0.1, 0.15) is 34.2 Å². The number of ether oxygens (including phenoxy) is 2. The zero-order valence-electron chi connectivity index (χ0n) is 20.7. The Kier molecular flexibility index (Phi) is 8.16. The van der Waals surface area contributed by atoms with E-state index in [1.54, 1.807) is 0 Å². The van der Waals surface area contributed by atoms with Crippen LogP contribution in [0.2, 0.25) is 0 Å². The van der Waals surface area contributed by atoms with Crippen molar-refractivity contribution in [3.63, 3.8) is 0 Å². The van der Waals surface area contributed by atoms with Gasteiger partial charge in [-0.15, -0.1) is 0 Å². The molecule has 4 rings (SSSR count). The van der Waals surface area contributed by atoms with E-state index in [0.29, 0.717) is 19.4 Å². The van der Waals surface area contributed by atoms with E-state index < -0.39 is 18.1 Å². The first-order valence-corrected chi connectivity index (χ1v) is 12.2. The highest BCUT2D eigenvalue weighted by Gasteiger charge is 2.40. The van der Waals surface area contributed by atoms with E-state index in [0.717, 1.165) is 39.9 Å². The van der Waals surface area contributed by atoms with Gasteiger partial charge in [0, 0.05) is 12.3 Å². The van der Waals surface area contributed by atoms with E-state index in [4.69, 9.17) is 9.47 Å². The van der Waals surface area contributed by atoms with Gasteiger partial charge in [-0.2, -0.15) is 0 Å². The Morgan fingerprint density at radius 1 is 1.03 bits per heavy atom. The summed E-state index contributed by atoms with van der Waals surface area (Å²) in [4.78, 5) is 38.8. The quantitative estimate of drug-likeness (QED) is 0.368. The summed E-state index contributed by atoms with van der Waals surface area (Å²) >= 11 is 0. The van der Waals surface area contributed by atoms with Gasteiger partial charge in [0.25, 0.3) is 0 Å². The second-order valence-electron chi connectivity index (χ2n) is 9.24. The SMILES string of the molecule is Cc1cc(OCc2ccccc2)cc(C)c1CC(CC=O)C(=O)N1C(=O)OCC1Cc1ccccc1. The van der Waals surface area contributed by atoms with Crippen LogP contribution in [0.3, 0.4) is 0 Å². The number of nitrogens with zero attached hydrogens (tertiary/aromatic N) is 1. The van der Waals surface area contributed by atoms with Gasteiger partial charge in [0.1, 0.15) is 25.2 Å². The van der Waals surface area contributed by atoms with Crippen LogP contribution in [-0.2, 0) is 33.8 Å². The molecule has 1 aliphatic heterocycles. The number of carbonyl (C=O) groups excluding carboxylic acids is 3. The molecule has 0 aromatic heterocycles. The van der Waals surface area contributed by atoms with E-state index in [9.17, 15) is 14.4 Å². The number of imide groups is 1. The van der Waals surface area contributed by atoms with E-state index in [-0.39, 0.29) is 18.9 Å². The molecule has 2 unspecified atom stereocenters. The monoisotopic (exact) mass is 485 g/mol. The molecule has 6 nitrogen and oxygen atoms in total. The van der Waals surface area contributed by atoms with Crippen molar-refractivity contribution in [3.05, 3.63) is 101 Å². The first-order chi connectivity index (χ1) is 17.5. The molecule has 6 heteroatoms. The summed E-state index contributed by atoms with van der Waals surface area (Å²) < 4.78 is 11.2. The van der Waals surface area contributed by atoms with Gasteiger partial charge in [-0.1, -0.05) is 60.7 Å². The van der Waals surface area contributed by atoms with E-state index >= 15 is 0 Å². The molecule has 0 saturated carbocycles. The average molecular weight is 486 g/mol. The zero-order valence-corrected chi connectivity index (χ0v) is 20.7. The van der Waals surface area contributed by atoms with Gasteiger partial charge in [0.2, 0.25) is 5.91 Å². The summed E-state index contributed by atoms with van der Waals surface area (Å²) in [6.07, 6.45) is 1.01. The zero-order chi connectivity index (χ0) is 25.5. The third-order valence-electron chi connectivity index (χ3n) is 6.61. The van der Waals surface area contributed by atoms with Gasteiger partial charge >= 0.3 is 6.09 Å². The van der Waals surface area contributed by atoms with Crippen LogP contribution in [0.15, 0.2) is 72.8 Å². The molecule has 0 spiro atoms. The number of amides is 2. The maximum absolute atomic E-state index is 13.5. The summed E-state index contributed by atoms with van der Waals surface area (Å²) in [7, 11) is 0. The maximum Gasteiger partial charge on any atom is 0.416 e. The van der Waals surface area contributed by atoms with Crippen LogP contribution in [0.5, 0.6) is 5.75 Å². The number of hydrogen-bond acceptors (Lipinski definition) is 5. The van der Waals surface area contributed by atoms with Gasteiger partial charge in [-0.05, 0) is 66.6 Å². The van der Waals surface area contributed by atoms with Crippen LogP contribution in [0.25, 0.3) is 0 Å². The summed E-state index contributed by atoms with van der Waals surface area (Å²) in [5, 5.41) is 0. The molecular weight excluding hydrogens is 454 g/mol. The molecule has 1 saturated heterocycles. The van der Waals surface area contributed by atoms with Crippen molar-refractivity contribution in [3.8, 4) is 5.75 Å². The highest BCUT2D eigenvalue weighted by molar-refractivity contribution is 5.95. The van der Waals surface area contributed by atoms with E-state index in [2.05, 4.69) is 0 Å². The van der Waals surface area contributed by atoms with Crippen molar-refractivity contribution in [2.24, 2.45) is 5.92 Å². The minimum absolute atomic E-state index is 0.0335. The molecule has 1 heterocycles. The highest BCUT2D eigenvalue weighted by atomic mass is 16.6. The molecule has 1 aliphatic rings. The normalized spacial score (nSPS) is 15.9. The van der Waals surface area contributed by atoms with Gasteiger partial charge in [-0.25, -0.2) is 9.69 Å². The fourth-order valence-corrected chi connectivity index (χ4v) is 4.70. The third-order valence-corrected chi connectivity index (χ3v) is 6.61. The summed E-state index contributed by atoms with van der Waals surface area (Å²) in [6.45, 7) is 4.56. The molecule has 1 fully saturated rings. The molecular formula is C30H31NO5. The van der Waals surface area contributed by atoms with E-state index in [1.165, 1.54) is 4.90 Å². The number of benzene rings is 3. The summed E-state index contributed by atoms with van der Waals surface area (Å²) in [5.74, 6) is -0.268. The average Bonchev–Trinajstić information content (AvgIpc) is 3.24. The lowest BCUT2D eigenvalue weighted by molar-refractivity contribution is -0.134. The predicted molar refractivity (Wildman–Crippen MR) is 137 cm³/mol. The van der Waals surface area contributed by atoms with Crippen LogP contribution < -0.4 is 4.74 Å². The standard InChI is InChI=1S/C30H31NO5/c1-21-15-27(35-19-24-11-7-4-8-12-24)16-22(2)28(21)18-25(13-14-32)29(33)31-26(20-36-30(31)34)17-23-9-5-3-6-10-23/h3-12,14-16,25-26H,13,17-20H2,1-2H3. The fourth-order valence-electron chi connectivity index (χ4n) is 4.70. The molecule has 2 amide bonds. The van der Waals surface area contributed by atoms with Crippen LogP contribution in [-0.4, -0.2) is 35.8 Å².